The molecule has 2 fully saturated rings. The number of carbonyl (C=O) groups excluding carboxylic acids is 1. The minimum Gasteiger partial charge on any atom is -0.494 e. The standard InChI is InChI=1S/C14H19N3O3/c1-17(11-6-9-2-3-10(7-11)15-9)14(20)8-4-12(18)16-13(19)5-8/h4-5,9-11,15H,2-3,6-7H2,1H3,(H2,16,18,19). The number of piperidine rings is 1. The van der Waals surface area contributed by atoms with E-state index in [1.54, 1.807) is 11.9 Å². The van der Waals surface area contributed by atoms with Crippen molar-refractivity contribution in [3.8, 4) is 5.88 Å². The van der Waals surface area contributed by atoms with E-state index >= 15 is 0 Å². The third-order valence-electron chi connectivity index (χ3n) is 4.39. The Kier molecular flexibility index (Phi) is 3.25. The van der Waals surface area contributed by atoms with Crippen LogP contribution in [0.1, 0.15) is 36.0 Å². The number of amides is 1. The number of fused-ring (bicyclic) bond motifs is 2. The van der Waals surface area contributed by atoms with Crippen molar-refractivity contribution in [1.29, 1.82) is 0 Å². The van der Waals surface area contributed by atoms with E-state index in [0.717, 1.165) is 12.8 Å². The molecule has 2 saturated heterocycles. The first-order valence-electron chi connectivity index (χ1n) is 6.99. The van der Waals surface area contributed by atoms with Crippen LogP contribution in [0, 0.1) is 0 Å². The summed E-state index contributed by atoms with van der Waals surface area (Å²) in [7, 11) is 1.77. The fourth-order valence-corrected chi connectivity index (χ4v) is 3.36. The molecule has 0 aliphatic carbocycles. The maximum Gasteiger partial charge on any atom is 0.254 e. The van der Waals surface area contributed by atoms with Gasteiger partial charge in [-0.3, -0.25) is 14.6 Å². The molecule has 2 unspecified atom stereocenters. The molecular weight excluding hydrogens is 258 g/mol. The third kappa shape index (κ3) is 2.43. The minimum absolute atomic E-state index is 0.197. The Morgan fingerprint density at radius 3 is 2.55 bits per heavy atom. The lowest BCUT2D eigenvalue weighted by Crippen LogP contribution is -2.48. The van der Waals surface area contributed by atoms with E-state index in [2.05, 4.69) is 10.3 Å². The highest BCUT2D eigenvalue weighted by atomic mass is 16.3. The van der Waals surface area contributed by atoms with Gasteiger partial charge in [-0.05, 0) is 25.7 Å². The van der Waals surface area contributed by atoms with E-state index in [9.17, 15) is 14.7 Å². The van der Waals surface area contributed by atoms with Gasteiger partial charge in [0.1, 0.15) is 0 Å². The van der Waals surface area contributed by atoms with Crippen molar-refractivity contribution in [2.75, 3.05) is 7.05 Å². The van der Waals surface area contributed by atoms with Crippen molar-refractivity contribution >= 4 is 5.91 Å². The van der Waals surface area contributed by atoms with E-state index in [4.69, 9.17) is 0 Å². The van der Waals surface area contributed by atoms with Gasteiger partial charge in [-0.2, -0.15) is 0 Å². The Hall–Kier alpha value is -1.82. The predicted molar refractivity (Wildman–Crippen MR) is 73.8 cm³/mol. The second kappa shape index (κ2) is 4.94. The minimum atomic E-state index is -0.466. The van der Waals surface area contributed by atoms with Gasteiger partial charge in [0.2, 0.25) is 0 Å². The number of hydrogen-bond donors (Lipinski definition) is 3. The summed E-state index contributed by atoms with van der Waals surface area (Å²) in [5, 5.41) is 12.9. The normalized spacial score (nSPS) is 28.4. The van der Waals surface area contributed by atoms with Crippen molar-refractivity contribution in [1.82, 2.24) is 15.2 Å². The molecular formula is C14H19N3O3. The van der Waals surface area contributed by atoms with Crippen LogP contribution in [-0.4, -0.2) is 46.1 Å². The summed E-state index contributed by atoms with van der Waals surface area (Å²) in [5.41, 5.74) is -0.230. The summed E-state index contributed by atoms with van der Waals surface area (Å²) in [5.74, 6) is -0.489. The third-order valence-corrected chi connectivity index (χ3v) is 4.39. The quantitative estimate of drug-likeness (QED) is 0.732. The highest BCUT2D eigenvalue weighted by molar-refractivity contribution is 5.94. The second-order valence-corrected chi connectivity index (χ2v) is 5.80. The van der Waals surface area contributed by atoms with Crippen LogP contribution < -0.4 is 10.9 Å². The number of nitrogens with zero attached hydrogens (tertiary/aromatic N) is 1. The largest absolute Gasteiger partial charge is 0.494 e. The number of hydrogen-bond acceptors (Lipinski definition) is 4. The molecule has 6 nitrogen and oxygen atoms in total. The topological polar surface area (TPSA) is 85.4 Å². The first kappa shape index (κ1) is 13.2. The number of aromatic amines is 1. The molecule has 1 aromatic heterocycles. The molecule has 1 aromatic rings. The van der Waals surface area contributed by atoms with Gasteiger partial charge in [0.15, 0.2) is 5.88 Å². The molecule has 108 valence electrons. The summed E-state index contributed by atoms with van der Waals surface area (Å²) in [6.45, 7) is 0. The van der Waals surface area contributed by atoms with Gasteiger partial charge < -0.3 is 15.3 Å². The fraction of sp³-hybridized carbons (Fsp3) is 0.571. The summed E-state index contributed by atoms with van der Waals surface area (Å²) < 4.78 is 0. The van der Waals surface area contributed by atoms with Crippen LogP contribution in [-0.2, 0) is 0 Å². The van der Waals surface area contributed by atoms with Crippen molar-refractivity contribution in [2.24, 2.45) is 0 Å². The van der Waals surface area contributed by atoms with Crippen molar-refractivity contribution in [3.63, 3.8) is 0 Å². The van der Waals surface area contributed by atoms with Gasteiger partial charge in [0.05, 0.1) is 5.56 Å². The lowest BCUT2D eigenvalue weighted by atomic mass is 9.98. The SMILES string of the molecule is CN(C(=O)c1cc(O)[nH]c(=O)c1)C1CC2CCC(C1)N2. The van der Waals surface area contributed by atoms with Crippen LogP contribution >= 0.6 is 0 Å². The number of aromatic hydroxyl groups is 1. The number of pyridine rings is 1. The zero-order chi connectivity index (χ0) is 14.3. The van der Waals surface area contributed by atoms with Gasteiger partial charge in [-0.1, -0.05) is 0 Å². The number of nitrogens with one attached hydrogen (secondary N) is 2. The summed E-state index contributed by atoms with van der Waals surface area (Å²) in [6, 6.07) is 3.73. The van der Waals surface area contributed by atoms with Gasteiger partial charge >= 0.3 is 0 Å². The molecule has 2 aliphatic heterocycles. The Bertz CT molecular complexity index is 571. The molecule has 0 aromatic carbocycles. The van der Waals surface area contributed by atoms with Crippen LogP contribution in [0.5, 0.6) is 5.88 Å². The lowest BCUT2D eigenvalue weighted by molar-refractivity contribution is 0.0681. The molecule has 3 heterocycles. The van der Waals surface area contributed by atoms with Crippen LogP contribution in [0.4, 0.5) is 0 Å². The molecule has 2 bridgehead atoms. The number of H-pyrrole nitrogens is 1. The maximum atomic E-state index is 12.4. The highest BCUT2D eigenvalue weighted by Crippen LogP contribution is 2.29. The lowest BCUT2D eigenvalue weighted by Gasteiger charge is -2.35. The molecule has 1 amide bonds. The first-order valence-corrected chi connectivity index (χ1v) is 6.99. The number of aromatic nitrogens is 1. The van der Waals surface area contributed by atoms with E-state index in [0.29, 0.717) is 12.1 Å². The fourth-order valence-electron chi connectivity index (χ4n) is 3.36. The first-order chi connectivity index (χ1) is 9.52. The van der Waals surface area contributed by atoms with Crippen LogP contribution in [0.3, 0.4) is 0 Å². The van der Waals surface area contributed by atoms with E-state index < -0.39 is 5.56 Å². The van der Waals surface area contributed by atoms with Gasteiger partial charge in [0.25, 0.3) is 11.5 Å². The van der Waals surface area contributed by atoms with Gasteiger partial charge in [-0.15, -0.1) is 0 Å². The van der Waals surface area contributed by atoms with Crippen LogP contribution in [0.25, 0.3) is 0 Å². The summed E-state index contributed by atoms with van der Waals surface area (Å²) in [6.07, 6.45) is 4.26. The molecule has 0 saturated carbocycles. The predicted octanol–water partition coefficient (Wildman–Crippen LogP) is 0.435. The molecule has 2 atom stereocenters. The van der Waals surface area contributed by atoms with Crippen LogP contribution in [0.2, 0.25) is 0 Å². The smallest absolute Gasteiger partial charge is 0.254 e. The average Bonchev–Trinajstić information content (AvgIpc) is 2.74. The monoisotopic (exact) mass is 277 g/mol. The summed E-state index contributed by atoms with van der Waals surface area (Å²) in [4.78, 5) is 27.7. The Balaban J connectivity index is 1.77. The molecule has 0 radical (unpaired) electrons. The van der Waals surface area contributed by atoms with Gasteiger partial charge in [-0.25, -0.2) is 0 Å². The Labute approximate surface area is 116 Å². The Morgan fingerprint density at radius 1 is 1.30 bits per heavy atom. The van der Waals surface area contributed by atoms with E-state index in [-0.39, 0.29) is 23.4 Å². The molecule has 6 heteroatoms. The van der Waals surface area contributed by atoms with Crippen molar-refractivity contribution in [3.05, 3.63) is 28.0 Å². The average molecular weight is 277 g/mol. The number of rotatable bonds is 2. The number of carbonyl (C=O) groups is 1. The molecule has 20 heavy (non-hydrogen) atoms. The Morgan fingerprint density at radius 2 is 1.95 bits per heavy atom. The molecule has 2 aliphatic rings. The van der Waals surface area contributed by atoms with Gasteiger partial charge in [0, 0.05) is 37.3 Å². The molecule has 3 N–H and O–H groups in total. The maximum absolute atomic E-state index is 12.4. The van der Waals surface area contributed by atoms with Crippen molar-refractivity contribution in [2.45, 2.75) is 43.8 Å². The zero-order valence-electron chi connectivity index (χ0n) is 11.4. The molecule has 0 spiro atoms. The summed E-state index contributed by atoms with van der Waals surface area (Å²) >= 11 is 0. The van der Waals surface area contributed by atoms with Crippen molar-refractivity contribution < 1.29 is 9.90 Å². The van der Waals surface area contributed by atoms with E-state index in [1.807, 2.05) is 0 Å². The zero-order valence-corrected chi connectivity index (χ0v) is 11.4. The van der Waals surface area contributed by atoms with E-state index in [1.165, 1.54) is 25.0 Å². The molecule has 3 rings (SSSR count). The van der Waals surface area contributed by atoms with Crippen LogP contribution in [0.15, 0.2) is 16.9 Å². The second-order valence-electron chi connectivity index (χ2n) is 5.80. The highest BCUT2D eigenvalue weighted by Gasteiger charge is 2.36.